The van der Waals surface area contributed by atoms with Gasteiger partial charge in [0.25, 0.3) is 0 Å². The fourth-order valence-electron chi connectivity index (χ4n) is 2.12. The normalized spacial score (nSPS) is 19.8. The van der Waals surface area contributed by atoms with E-state index in [1.165, 1.54) is 12.1 Å². The van der Waals surface area contributed by atoms with E-state index in [9.17, 15) is 4.39 Å². The van der Waals surface area contributed by atoms with E-state index in [0.717, 1.165) is 29.7 Å². The molecule has 1 atom stereocenters. The lowest BCUT2D eigenvalue weighted by atomic mass is 9.88. The molecule has 1 aromatic carbocycles. The molecule has 1 aliphatic rings. The molecule has 90 valence electrons. The minimum atomic E-state index is -0.223. The van der Waals surface area contributed by atoms with Crippen molar-refractivity contribution in [3.8, 4) is 0 Å². The van der Waals surface area contributed by atoms with E-state index >= 15 is 0 Å². The summed E-state index contributed by atoms with van der Waals surface area (Å²) < 4.78 is 13.1. The average Bonchev–Trinajstić information content (AvgIpc) is 2.30. The van der Waals surface area contributed by atoms with Crippen LogP contribution in [0.25, 0.3) is 0 Å². The summed E-state index contributed by atoms with van der Waals surface area (Å²) in [7, 11) is 0. The summed E-state index contributed by atoms with van der Waals surface area (Å²) in [5, 5.41) is 8.12. The SMILES string of the molecule is CCC1CC(N)=NN=C1c1ccc(F)cc1C. The number of amidine groups is 1. The number of aryl methyl sites for hydroxylation is 1. The molecule has 0 spiro atoms. The molecule has 17 heavy (non-hydrogen) atoms. The Kier molecular flexibility index (Phi) is 3.22. The molecular weight excluding hydrogens is 217 g/mol. The number of halogens is 1. The van der Waals surface area contributed by atoms with Crippen LogP contribution in [0.15, 0.2) is 28.4 Å². The molecule has 0 aromatic heterocycles. The van der Waals surface area contributed by atoms with Gasteiger partial charge in [-0.25, -0.2) is 4.39 Å². The molecule has 0 saturated heterocycles. The van der Waals surface area contributed by atoms with Crippen molar-refractivity contribution in [1.29, 1.82) is 0 Å². The molecular formula is C13H16FN3. The Labute approximate surface area is 100 Å². The van der Waals surface area contributed by atoms with E-state index in [0.29, 0.717) is 5.84 Å². The average molecular weight is 233 g/mol. The fourth-order valence-corrected chi connectivity index (χ4v) is 2.12. The first-order valence-corrected chi connectivity index (χ1v) is 5.78. The van der Waals surface area contributed by atoms with Crippen LogP contribution in [0.1, 0.15) is 30.9 Å². The number of benzene rings is 1. The van der Waals surface area contributed by atoms with Crippen molar-refractivity contribution in [2.75, 3.05) is 0 Å². The maximum absolute atomic E-state index is 13.1. The summed E-state index contributed by atoms with van der Waals surface area (Å²) in [4.78, 5) is 0. The third kappa shape index (κ3) is 2.35. The Morgan fingerprint density at radius 2 is 2.18 bits per heavy atom. The van der Waals surface area contributed by atoms with Crippen LogP contribution in [0, 0.1) is 18.7 Å². The first-order valence-electron chi connectivity index (χ1n) is 5.78. The number of rotatable bonds is 2. The highest BCUT2D eigenvalue weighted by Gasteiger charge is 2.22. The second kappa shape index (κ2) is 4.65. The van der Waals surface area contributed by atoms with Crippen molar-refractivity contribution in [3.05, 3.63) is 35.1 Å². The molecule has 1 unspecified atom stereocenters. The van der Waals surface area contributed by atoms with Crippen molar-refractivity contribution in [3.63, 3.8) is 0 Å². The highest BCUT2D eigenvalue weighted by Crippen LogP contribution is 2.23. The first kappa shape index (κ1) is 11.8. The van der Waals surface area contributed by atoms with Gasteiger partial charge in [-0.15, -0.1) is 5.10 Å². The second-order valence-corrected chi connectivity index (χ2v) is 4.35. The van der Waals surface area contributed by atoms with E-state index in [1.54, 1.807) is 6.07 Å². The summed E-state index contributed by atoms with van der Waals surface area (Å²) in [5.41, 5.74) is 8.46. The third-order valence-corrected chi connectivity index (χ3v) is 3.09. The van der Waals surface area contributed by atoms with Gasteiger partial charge in [-0.05, 0) is 37.1 Å². The van der Waals surface area contributed by atoms with Gasteiger partial charge >= 0.3 is 0 Å². The number of hydrogen-bond donors (Lipinski definition) is 1. The highest BCUT2D eigenvalue weighted by molar-refractivity contribution is 6.06. The zero-order chi connectivity index (χ0) is 12.4. The van der Waals surface area contributed by atoms with Gasteiger partial charge in [0.1, 0.15) is 11.7 Å². The standard InChI is InChI=1S/C13H16FN3/c1-3-9-7-12(15)16-17-13(9)11-5-4-10(14)6-8(11)2/h4-6,9H,3,7H2,1-2H3,(H2,15,16). The van der Waals surface area contributed by atoms with Crippen molar-refractivity contribution in [2.45, 2.75) is 26.7 Å². The van der Waals surface area contributed by atoms with Gasteiger partial charge in [0.2, 0.25) is 0 Å². The first-order chi connectivity index (χ1) is 8.11. The molecule has 4 heteroatoms. The molecule has 0 aliphatic carbocycles. The third-order valence-electron chi connectivity index (χ3n) is 3.09. The molecule has 1 heterocycles. The van der Waals surface area contributed by atoms with Crippen molar-refractivity contribution >= 4 is 11.5 Å². The summed E-state index contributed by atoms with van der Waals surface area (Å²) in [6, 6.07) is 4.74. The van der Waals surface area contributed by atoms with E-state index in [-0.39, 0.29) is 11.7 Å². The Balaban J connectivity index is 2.44. The molecule has 0 saturated carbocycles. The van der Waals surface area contributed by atoms with E-state index in [1.807, 2.05) is 6.92 Å². The molecule has 2 N–H and O–H groups in total. The lowest BCUT2D eigenvalue weighted by Gasteiger charge is -2.21. The predicted octanol–water partition coefficient (Wildman–Crippen LogP) is 2.63. The Hall–Kier alpha value is -1.71. The number of nitrogens with zero attached hydrogens (tertiary/aromatic N) is 2. The van der Waals surface area contributed by atoms with E-state index in [2.05, 4.69) is 17.1 Å². The van der Waals surface area contributed by atoms with Gasteiger partial charge in [0, 0.05) is 17.9 Å². The van der Waals surface area contributed by atoms with Crippen molar-refractivity contribution in [1.82, 2.24) is 0 Å². The van der Waals surface area contributed by atoms with Gasteiger partial charge < -0.3 is 5.73 Å². The van der Waals surface area contributed by atoms with Gasteiger partial charge in [-0.1, -0.05) is 6.92 Å². The summed E-state index contributed by atoms with van der Waals surface area (Å²) >= 11 is 0. The molecule has 0 radical (unpaired) electrons. The fraction of sp³-hybridized carbons (Fsp3) is 0.385. The highest BCUT2D eigenvalue weighted by atomic mass is 19.1. The lowest BCUT2D eigenvalue weighted by Crippen LogP contribution is -2.27. The van der Waals surface area contributed by atoms with Gasteiger partial charge in [-0.3, -0.25) is 0 Å². The Bertz CT molecular complexity index is 491. The Morgan fingerprint density at radius 3 is 2.82 bits per heavy atom. The second-order valence-electron chi connectivity index (χ2n) is 4.35. The summed E-state index contributed by atoms with van der Waals surface area (Å²) in [6.45, 7) is 3.98. The van der Waals surface area contributed by atoms with Crippen LogP contribution in [0.2, 0.25) is 0 Å². The molecule has 0 amide bonds. The lowest BCUT2D eigenvalue weighted by molar-refractivity contribution is 0.626. The predicted molar refractivity (Wildman–Crippen MR) is 67.7 cm³/mol. The van der Waals surface area contributed by atoms with Crippen LogP contribution >= 0.6 is 0 Å². The van der Waals surface area contributed by atoms with Crippen LogP contribution in [0.4, 0.5) is 4.39 Å². The minimum Gasteiger partial charge on any atom is -0.386 e. The molecule has 0 bridgehead atoms. The molecule has 3 nitrogen and oxygen atoms in total. The Morgan fingerprint density at radius 1 is 1.41 bits per heavy atom. The zero-order valence-electron chi connectivity index (χ0n) is 10.1. The molecule has 0 fully saturated rings. The quantitative estimate of drug-likeness (QED) is 0.838. The van der Waals surface area contributed by atoms with Gasteiger partial charge in [0.15, 0.2) is 0 Å². The summed E-state index contributed by atoms with van der Waals surface area (Å²) in [5.74, 6) is 0.621. The molecule has 2 rings (SSSR count). The maximum atomic E-state index is 13.1. The number of hydrogen-bond acceptors (Lipinski definition) is 3. The molecule has 1 aliphatic heterocycles. The monoisotopic (exact) mass is 233 g/mol. The summed E-state index contributed by atoms with van der Waals surface area (Å²) in [6.07, 6.45) is 1.68. The van der Waals surface area contributed by atoms with Crippen molar-refractivity contribution < 1.29 is 4.39 Å². The van der Waals surface area contributed by atoms with Crippen LogP contribution < -0.4 is 5.73 Å². The largest absolute Gasteiger partial charge is 0.386 e. The van der Waals surface area contributed by atoms with Gasteiger partial charge in [-0.2, -0.15) is 5.10 Å². The number of nitrogens with two attached hydrogens (primary N) is 1. The van der Waals surface area contributed by atoms with E-state index in [4.69, 9.17) is 5.73 Å². The topological polar surface area (TPSA) is 50.7 Å². The van der Waals surface area contributed by atoms with E-state index < -0.39 is 0 Å². The van der Waals surface area contributed by atoms with Crippen LogP contribution in [-0.2, 0) is 0 Å². The van der Waals surface area contributed by atoms with Gasteiger partial charge in [0.05, 0.1) is 5.71 Å². The smallest absolute Gasteiger partial charge is 0.123 e. The molecule has 1 aromatic rings. The minimum absolute atomic E-state index is 0.223. The van der Waals surface area contributed by atoms with Crippen LogP contribution in [0.3, 0.4) is 0 Å². The van der Waals surface area contributed by atoms with Crippen LogP contribution in [0.5, 0.6) is 0 Å². The zero-order valence-corrected chi connectivity index (χ0v) is 10.1. The maximum Gasteiger partial charge on any atom is 0.123 e. The van der Waals surface area contributed by atoms with Crippen LogP contribution in [-0.4, -0.2) is 11.5 Å². The van der Waals surface area contributed by atoms with Crippen molar-refractivity contribution in [2.24, 2.45) is 21.9 Å².